The summed E-state index contributed by atoms with van der Waals surface area (Å²) in [5, 5.41) is 0. The fourth-order valence-electron chi connectivity index (χ4n) is 2.50. The van der Waals surface area contributed by atoms with Gasteiger partial charge in [-0.05, 0) is 36.6 Å². The summed E-state index contributed by atoms with van der Waals surface area (Å²) in [5.74, 6) is -0.183. The van der Waals surface area contributed by atoms with Crippen LogP contribution in [0.15, 0.2) is 53.0 Å². The standard InChI is InChI=1S/C18H17BrFNO/c19-15-7-5-13(6-8-15)11-18(22)21(16-9-10-16)12-14-3-1-2-4-17(14)20/h1-8,16H,9-12H2. The number of nitrogens with zero attached hydrogens (tertiary/aromatic N) is 1. The summed E-state index contributed by atoms with van der Waals surface area (Å²) in [6.07, 6.45) is 2.39. The van der Waals surface area contributed by atoms with Gasteiger partial charge < -0.3 is 4.90 Å². The van der Waals surface area contributed by atoms with Crippen LogP contribution < -0.4 is 0 Å². The van der Waals surface area contributed by atoms with E-state index in [1.54, 1.807) is 12.1 Å². The maximum absolute atomic E-state index is 13.8. The zero-order valence-electron chi connectivity index (χ0n) is 12.1. The Morgan fingerprint density at radius 3 is 2.45 bits per heavy atom. The lowest BCUT2D eigenvalue weighted by molar-refractivity contribution is -0.131. The highest BCUT2D eigenvalue weighted by Crippen LogP contribution is 2.29. The van der Waals surface area contributed by atoms with Gasteiger partial charge >= 0.3 is 0 Å². The Morgan fingerprint density at radius 1 is 1.14 bits per heavy atom. The molecule has 1 saturated carbocycles. The highest BCUT2D eigenvalue weighted by Gasteiger charge is 2.32. The summed E-state index contributed by atoms with van der Waals surface area (Å²) in [6.45, 7) is 0.354. The summed E-state index contributed by atoms with van der Waals surface area (Å²) >= 11 is 3.39. The summed E-state index contributed by atoms with van der Waals surface area (Å²) in [7, 11) is 0. The third-order valence-electron chi connectivity index (χ3n) is 3.88. The predicted molar refractivity (Wildman–Crippen MR) is 87.8 cm³/mol. The molecular weight excluding hydrogens is 345 g/mol. The van der Waals surface area contributed by atoms with Crippen LogP contribution in [0.4, 0.5) is 4.39 Å². The minimum atomic E-state index is -0.246. The van der Waals surface area contributed by atoms with Crippen molar-refractivity contribution in [3.63, 3.8) is 0 Å². The lowest BCUT2D eigenvalue weighted by Crippen LogP contribution is -2.34. The molecule has 22 heavy (non-hydrogen) atoms. The van der Waals surface area contributed by atoms with Crippen LogP contribution in [0.2, 0.25) is 0 Å². The van der Waals surface area contributed by atoms with E-state index in [0.717, 1.165) is 22.9 Å². The van der Waals surface area contributed by atoms with Crippen LogP contribution in [-0.4, -0.2) is 16.8 Å². The normalized spacial score (nSPS) is 13.9. The number of hydrogen-bond donors (Lipinski definition) is 0. The Hall–Kier alpha value is -1.68. The van der Waals surface area contributed by atoms with Crippen LogP contribution in [0.5, 0.6) is 0 Å². The molecule has 0 heterocycles. The molecule has 2 aromatic carbocycles. The van der Waals surface area contributed by atoms with Crippen molar-refractivity contribution in [2.75, 3.05) is 0 Å². The van der Waals surface area contributed by atoms with Crippen LogP contribution in [0.3, 0.4) is 0 Å². The molecule has 1 amide bonds. The minimum Gasteiger partial charge on any atom is -0.335 e. The van der Waals surface area contributed by atoms with Gasteiger partial charge in [0.25, 0.3) is 0 Å². The third kappa shape index (κ3) is 3.74. The van der Waals surface area contributed by atoms with Crippen molar-refractivity contribution < 1.29 is 9.18 Å². The number of amides is 1. The van der Waals surface area contributed by atoms with Gasteiger partial charge in [-0.3, -0.25) is 4.79 Å². The molecular formula is C18H17BrFNO. The first-order valence-electron chi connectivity index (χ1n) is 7.41. The van der Waals surface area contributed by atoms with E-state index in [9.17, 15) is 9.18 Å². The molecule has 1 aliphatic rings. The van der Waals surface area contributed by atoms with Gasteiger partial charge in [-0.2, -0.15) is 0 Å². The maximum atomic E-state index is 13.8. The van der Waals surface area contributed by atoms with Crippen molar-refractivity contribution in [2.45, 2.75) is 31.8 Å². The summed E-state index contributed by atoms with van der Waals surface area (Å²) < 4.78 is 14.8. The number of carbonyl (C=O) groups is 1. The predicted octanol–water partition coefficient (Wildman–Crippen LogP) is 4.32. The number of halogens is 2. The van der Waals surface area contributed by atoms with Crippen molar-refractivity contribution in [2.24, 2.45) is 0 Å². The lowest BCUT2D eigenvalue weighted by atomic mass is 10.1. The quantitative estimate of drug-likeness (QED) is 0.776. The lowest BCUT2D eigenvalue weighted by Gasteiger charge is -2.23. The molecule has 0 N–H and O–H groups in total. The average Bonchev–Trinajstić information content (AvgIpc) is 3.33. The van der Waals surface area contributed by atoms with Crippen LogP contribution in [0, 0.1) is 5.82 Å². The van der Waals surface area contributed by atoms with Crippen molar-refractivity contribution in [3.05, 3.63) is 69.9 Å². The Labute approximate surface area is 138 Å². The molecule has 0 radical (unpaired) electrons. The van der Waals surface area contributed by atoms with E-state index in [4.69, 9.17) is 0 Å². The van der Waals surface area contributed by atoms with E-state index in [1.165, 1.54) is 6.07 Å². The van der Waals surface area contributed by atoms with E-state index >= 15 is 0 Å². The second-order valence-corrected chi connectivity index (χ2v) is 6.56. The minimum absolute atomic E-state index is 0.0630. The number of carbonyl (C=O) groups excluding carboxylic acids is 1. The second-order valence-electron chi connectivity index (χ2n) is 5.65. The van der Waals surface area contributed by atoms with Crippen LogP contribution in [-0.2, 0) is 17.8 Å². The molecule has 1 aliphatic carbocycles. The third-order valence-corrected chi connectivity index (χ3v) is 4.40. The first-order chi connectivity index (χ1) is 10.6. The Bertz CT molecular complexity index is 667. The Kier molecular flexibility index (Phi) is 4.57. The van der Waals surface area contributed by atoms with Crippen LogP contribution in [0.25, 0.3) is 0 Å². The smallest absolute Gasteiger partial charge is 0.227 e. The van der Waals surface area contributed by atoms with Crippen molar-refractivity contribution in [1.29, 1.82) is 0 Å². The molecule has 114 valence electrons. The molecule has 3 rings (SSSR count). The first-order valence-corrected chi connectivity index (χ1v) is 8.20. The van der Waals surface area contributed by atoms with Gasteiger partial charge in [0.1, 0.15) is 5.82 Å². The van der Waals surface area contributed by atoms with E-state index in [-0.39, 0.29) is 17.8 Å². The van der Waals surface area contributed by atoms with Crippen molar-refractivity contribution in [3.8, 4) is 0 Å². The summed E-state index contributed by atoms with van der Waals surface area (Å²) in [4.78, 5) is 14.4. The van der Waals surface area contributed by atoms with Gasteiger partial charge in [0.15, 0.2) is 0 Å². The topological polar surface area (TPSA) is 20.3 Å². The fraction of sp³-hybridized carbons (Fsp3) is 0.278. The van der Waals surface area contributed by atoms with Crippen molar-refractivity contribution in [1.82, 2.24) is 4.90 Å². The number of benzene rings is 2. The van der Waals surface area contributed by atoms with Crippen LogP contribution >= 0.6 is 15.9 Å². The summed E-state index contributed by atoms with van der Waals surface area (Å²) in [6, 6.07) is 14.7. The highest BCUT2D eigenvalue weighted by molar-refractivity contribution is 9.10. The van der Waals surface area contributed by atoms with E-state index in [1.807, 2.05) is 35.2 Å². The highest BCUT2D eigenvalue weighted by atomic mass is 79.9. The molecule has 0 spiro atoms. The van der Waals surface area contributed by atoms with Gasteiger partial charge in [0.2, 0.25) is 5.91 Å². The molecule has 0 aliphatic heterocycles. The Balaban J connectivity index is 1.72. The van der Waals surface area contributed by atoms with Gasteiger partial charge in [0, 0.05) is 22.6 Å². The van der Waals surface area contributed by atoms with E-state index in [0.29, 0.717) is 18.5 Å². The van der Waals surface area contributed by atoms with Crippen molar-refractivity contribution >= 4 is 21.8 Å². The SMILES string of the molecule is O=C(Cc1ccc(Br)cc1)N(Cc1ccccc1F)C1CC1. The molecule has 2 aromatic rings. The fourth-order valence-corrected chi connectivity index (χ4v) is 2.76. The molecule has 0 unspecified atom stereocenters. The zero-order valence-corrected chi connectivity index (χ0v) is 13.7. The summed E-state index contributed by atoms with van der Waals surface area (Å²) in [5.41, 5.74) is 1.56. The second kappa shape index (κ2) is 6.61. The zero-order chi connectivity index (χ0) is 15.5. The van der Waals surface area contributed by atoms with E-state index in [2.05, 4.69) is 15.9 Å². The van der Waals surface area contributed by atoms with Gasteiger partial charge in [-0.25, -0.2) is 4.39 Å². The van der Waals surface area contributed by atoms with Crippen LogP contribution in [0.1, 0.15) is 24.0 Å². The molecule has 2 nitrogen and oxygen atoms in total. The number of rotatable bonds is 5. The van der Waals surface area contributed by atoms with E-state index < -0.39 is 0 Å². The molecule has 0 aromatic heterocycles. The first kappa shape index (κ1) is 15.2. The molecule has 4 heteroatoms. The Morgan fingerprint density at radius 2 is 1.82 bits per heavy atom. The molecule has 1 fully saturated rings. The molecule has 0 saturated heterocycles. The van der Waals surface area contributed by atoms with Gasteiger partial charge in [0.05, 0.1) is 6.42 Å². The maximum Gasteiger partial charge on any atom is 0.227 e. The largest absolute Gasteiger partial charge is 0.335 e. The number of hydrogen-bond acceptors (Lipinski definition) is 1. The molecule has 0 bridgehead atoms. The monoisotopic (exact) mass is 361 g/mol. The van der Waals surface area contributed by atoms with Gasteiger partial charge in [-0.1, -0.05) is 46.3 Å². The van der Waals surface area contributed by atoms with Gasteiger partial charge in [-0.15, -0.1) is 0 Å². The average molecular weight is 362 g/mol. The molecule has 0 atom stereocenters.